The largest absolute Gasteiger partial charge is 0.319 e. The number of benzene rings is 1. The van der Waals surface area contributed by atoms with Gasteiger partial charge in [-0.05, 0) is 12.8 Å². The zero-order valence-corrected chi connectivity index (χ0v) is 10.5. The molecule has 0 heterocycles. The van der Waals surface area contributed by atoms with E-state index in [1.165, 1.54) is 0 Å². The summed E-state index contributed by atoms with van der Waals surface area (Å²) in [4.78, 5) is 0. The van der Waals surface area contributed by atoms with Crippen LogP contribution in [0.3, 0.4) is 0 Å². The standard InChI is InChI=1S/C14H19OP/c1-3-5-12-16(15,13-6-4-2)14-10-8-7-9-11-14/h3-4,7-11H,1-2,5-6,12-13H2. The zero-order valence-electron chi connectivity index (χ0n) is 9.64. The predicted molar refractivity (Wildman–Crippen MR) is 73.0 cm³/mol. The van der Waals surface area contributed by atoms with Crippen LogP contribution in [0.15, 0.2) is 55.6 Å². The van der Waals surface area contributed by atoms with E-state index >= 15 is 0 Å². The third-order valence-electron chi connectivity index (χ3n) is 2.62. The Morgan fingerprint density at radius 3 is 1.94 bits per heavy atom. The highest BCUT2D eigenvalue weighted by Crippen LogP contribution is 2.45. The Bertz CT molecular complexity index is 365. The molecule has 0 fully saturated rings. The molecule has 0 aliphatic rings. The van der Waals surface area contributed by atoms with Gasteiger partial charge in [0.15, 0.2) is 0 Å². The van der Waals surface area contributed by atoms with Gasteiger partial charge < -0.3 is 4.57 Å². The van der Waals surface area contributed by atoms with Crippen LogP contribution in [0.2, 0.25) is 0 Å². The molecule has 0 saturated carbocycles. The van der Waals surface area contributed by atoms with Crippen molar-refractivity contribution in [3.05, 3.63) is 55.6 Å². The van der Waals surface area contributed by atoms with E-state index in [9.17, 15) is 4.57 Å². The van der Waals surface area contributed by atoms with Crippen molar-refractivity contribution in [3.63, 3.8) is 0 Å². The summed E-state index contributed by atoms with van der Waals surface area (Å²) in [7, 11) is -2.25. The summed E-state index contributed by atoms with van der Waals surface area (Å²) in [6.45, 7) is 7.39. The number of hydrogen-bond acceptors (Lipinski definition) is 1. The quantitative estimate of drug-likeness (QED) is 0.517. The van der Waals surface area contributed by atoms with Crippen LogP contribution in [-0.2, 0) is 4.57 Å². The van der Waals surface area contributed by atoms with Gasteiger partial charge in [0.1, 0.15) is 7.14 Å². The second-order valence-electron chi connectivity index (χ2n) is 3.83. The van der Waals surface area contributed by atoms with Crippen LogP contribution in [0.5, 0.6) is 0 Å². The molecule has 0 atom stereocenters. The van der Waals surface area contributed by atoms with E-state index < -0.39 is 7.14 Å². The molecule has 86 valence electrons. The molecule has 1 nitrogen and oxygen atoms in total. The van der Waals surface area contributed by atoms with Gasteiger partial charge in [-0.15, -0.1) is 13.2 Å². The third-order valence-corrected chi connectivity index (χ3v) is 5.82. The van der Waals surface area contributed by atoms with Gasteiger partial charge in [-0.1, -0.05) is 42.5 Å². The van der Waals surface area contributed by atoms with Crippen molar-refractivity contribution in [2.24, 2.45) is 0 Å². The molecule has 1 aromatic carbocycles. The fourth-order valence-electron chi connectivity index (χ4n) is 1.67. The molecular formula is C14H19OP. The first-order valence-corrected chi connectivity index (χ1v) is 7.66. The summed E-state index contributed by atoms with van der Waals surface area (Å²) < 4.78 is 12.8. The Morgan fingerprint density at radius 2 is 1.50 bits per heavy atom. The molecule has 0 spiro atoms. The molecule has 0 N–H and O–H groups in total. The summed E-state index contributed by atoms with van der Waals surface area (Å²) in [6.07, 6.45) is 6.72. The minimum Gasteiger partial charge on any atom is -0.319 e. The average Bonchev–Trinajstić information content (AvgIpc) is 2.35. The maximum absolute atomic E-state index is 12.8. The van der Waals surface area contributed by atoms with Crippen LogP contribution in [0.1, 0.15) is 12.8 Å². The number of allylic oxidation sites excluding steroid dienone is 2. The highest BCUT2D eigenvalue weighted by molar-refractivity contribution is 7.71. The van der Waals surface area contributed by atoms with Gasteiger partial charge >= 0.3 is 0 Å². The van der Waals surface area contributed by atoms with E-state index in [-0.39, 0.29) is 0 Å². The minimum absolute atomic E-state index is 0.717. The minimum atomic E-state index is -2.25. The second kappa shape index (κ2) is 6.50. The monoisotopic (exact) mass is 234 g/mol. The Hall–Kier alpha value is -1.07. The van der Waals surface area contributed by atoms with Crippen LogP contribution in [0, 0.1) is 0 Å². The van der Waals surface area contributed by atoms with Crippen molar-refractivity contribution in [2.75, 3.05) is 12.3 Å². The Balaban J connectivity index is 2.89. The van der Waals surface area contributed by atoms with Gasteiger partial charge in [0.25, 0.3) is 0 Å². The van der Waals surface area contributed by atoms with Crippen molar-refractivity contribution in [3.8, 4) is 0 Å². The topological polar surface area (TPSA) is 17.1 Å². The molecular weight excluding hydrogens is 215 g/mol. The molecule has 0 bridgehead atoms. The van der Waals surface area contributed by atoms with Gasteiger partial charge in [-0.2, -0.15) is 0 Å². The number of rotatable bonds is 7. The first-order chi connectivity index (χ1) is 7.73. The van der Waals surface area contributed by atoms with Crippen molar-refractivity contribution < 1.29 is 4.57 Å². The smallest absolute Gasteiger partial charge is 0.116 e. The highest BCUT2D eigenvalue weighted by Gasteiger charge is 2.22. The van der Waals surface area contributed by atoms with Crippen molar-refractivity contribution in [2.45, 2.75) is 12.8 Å². The van der Waals surface area contributed by atoms with Crippen molar-refractivity contribution >= 4 is 12.4 Å². The van der Waals surface area contributed by atoms with E-state index in [0.29, 0.717) is 12.3 Å². The molecule has 2 heteroatoms. The fourth-order valence-corrected chi connectivity index (χ4v) is 4.32. The third kappa shape index (κ3) is 3.50. The maximum Gasteiger partial charge on any atom is 0.116 e. The Kier molecular flexibility index (Phi) is 5.28. The van der Waals surface area contributed by atoms with Gasteiger partial charge in [0.05, 0.1) is 0 Å². The van der Waals surface area contributed by atoms with Gasteiger partial charge in [-0.25, -0.2) is 0 Å². The van der Waals surface area contributed by atoms with Crippen LogP contribution in [-0.4, -0.2) is 12.3 Å². The molecule has 0 aliphatic carbocycles. The average molecular weight is 234 g/mol. The Morgan fingerprint density at radius 1 is 1.00 bits per heavy atom. The second-order valence-corrected chi connectivity index (χ2v) is 7.02. The maximum atomic E-state index is 12.8. The summed E-state index contributed by atoms with van der Waals surface area (Å²) in [6, 6.07) is 9.78. The van der Waals surface area contributed by atoms with Crippen molar-refractivity contribution in [1.82, 2.24) is 0 Å². The summed E-state index contributed by atoms with van der Waals surface area (Å²) in [5, 5.41) is 0.985. The van der Waals surface area contributed by atoms with E-state index in [1.54, 1.807) is 0 Å². The predicted octanol–water partition coefficient (Wildman–Crippen LogP) is 3.83. The first-order valence-electron chi connectivity index (χ1n) is 5.58. The SMILES string of the molecule is C=CCCP(=O)(CCC=C)c1ccccc1. The fraction of sp³-hybridized carbons (Fsp3) is 0.286. The summed E-state index contributed by atoms with van der Waals surface area (Å²) in [5.74, 6) is 0. The van der Waals surface area contributed by atoms with Gasteiger partial charge in [-0.3, -0.25) is 0 Å². The lowest BCUT2D eigenvalue weighted by atomic mass is 10.4. The molecule has 0 amide bonds. The molecule has 0 aliphatic heterocycles. The molecule has 0 unspecified atom stereocenters. The molecule has 0 saturated heterocycles. The normalized spacial score (nSPS) is 11.0. The first kappa shape index (κ1) is 13.0. The molecule has 16 heavy (non-hydrogen) atoms. The van der Waals surface area contributed by atoms with Crippen molar-refractivity contribution in [1.29, 1.82) is 0 Å². The van der Waals surface area contributed by atoms with Gasteiger partial charge in [0.2, 0.25) is 0 Å². The van der Waals surface area contributed by atoms with Crippen LogP contribution >= 0.6 is 7.14 Å². The molecule has 0 aromatic heterocycles. The van der Waals surface area contributed by atoms with Crippen LogP contribution in [0.25, 0.3) is 0 Å². The summed E-state index contributed by atoms with van der Waals surface area (Å²) in [5.41, 5.74) is 0. The number of hydrogen-bond donors (Lipinski definition) is 0. The Labute approximate surface area is 98.3 Å². The molecule has 0 radical (unpaired) electrons. The molecule has 1 rings (SSSR count). The lowest BCUT2D eigenvalue weighted by molar-refractivity contribution is 0.580. The summed E-state index contributed by atoms with van der Waals surface area (Å²) >= 11 is 0. The lowest BCUT2D eigenvalue weighted by Gasteiger charge is -2.17. The van der Waals surface area contributed by atoms with E-state index in [2.05, 4.69) is 13.2 Å². The zero-order chi connectivity index (χ0) is 11.9. The highest BCUT2D eigenvalue weighted by atomic mass is 31.2. The van der Waals surface area contributed by atoms with Crippen LogP contribution in [0.4, 0.5) is 0 Å². The lowest BCUT2D eigenvalue weighted by Crippen LogP contribution is -2.10. The molecule has 1 aromatic rings. The van der Waals surface area contributed by atoms with E-state index in [1.807, 2.05) is 42.5 Å². The van der Waals surface area contributed by atoms with E-state index in [0.717, 1.165) is 18.1 Å². The van der Waals surface area contributed by atoms with Gasteiger partial charge in [0, 0.05) is 17.6 Å². The van der Waals surface area contributed by atoms with E-state index in [4.69, 9.17) is 0 Å². The van der Waals surface area contributed by atoms with Crippen LogP contribution < -0.4 is 5.30 Å².